The normalized spacial score (nSPS) is 19.9. The van der Waals surface area contributed by atoms with Gasteiger partial charge in [0.05, 0.1) is 19.8 Å². The summed E-state index contributed by atoms with van der Waals surface area (Å²) in [4.78, 5) is 12.9. The Bertz CT molecular complexity index is 1150. The van der Waals surface area contributed by atoms with Crippen molar-refractivity contribution in [3.05, 3.63) is 12.2 Å². The lowest BCUT2D eigenvalue weighted by atomic mass is 9.99. The lowest BCUT2D eigenvalue weighted by Crippen LogP contribution is -2.60. The number of aliphatic hydroxyl groups is 3. The summed E-state index contributed by atoms with van der Waals surface area (Å²) in [5.41, 5.74) is 0. The Kier molecular flexibility index (Phi) is 40.1. The van der Waals surface area contributed by atoms with Gasteiger partial charge in [0, 0.05) is 13.0 Å². The largest absolute Gasteiger partial charge is 0.457 e. The monoisotopic (exact) mass is 921 g/mol. The maximum atomic E-state index is 12.9. The molecule has 6 atom stereocenters. The van der Waals surface area contributed by atoms with Crippen molar-refractivity contribution in [2.24, 2.45) is 0 Å². The molecule has 1 rings (SSSR count). The molecule has 13 heteroatoms. The van der Waals surface area contributed by atoms with Crippen LogP contribution in [-0.4, -0.2) is 97.5 Å². The molecule has 63 heavy (non-hydrogen) atoms. The fraction of sp³-hybridized carbons (Fsp3) is 0.940. The summed E-state index contributed by atoms with van der Waals surface area (Å²) in [7, 11) is -5.06. The highest BCUT2D eigenvalue weighted by atomic mass is 32.3. The van der Waals surface area contributed by atoms with Gasteiger partial charge in [-0.05, 0) is 38.5 Å². The van der Waals surface area contributed by atoms with Crippen molar-refractivity contribution >= 4 is 16.4 Å². The van der Waals surface area contributed by atoms with Crippen LogP contribution < -0.4 is 0 Å². The number of aliphatic hydroxyl groups excluding tert-OH is 3. The predicted molar refractivity (Wildman–Crippen MR) is 253 cm³/mol. The third-order valence-electron chi connectivity index (χ3n) is 12.1. The topological polar surface area (TPSA) is 178 Å². The van der Waals surface area contributed by atoms with E-state index in [-0.39, 0.29) is 19.6 Å². The van der Waals surface area contributed by atoms with Crippen molar-refractivity contribution in [3.63, 3.8) is 0 Å². The summed E-state index contributed by atoms with van der Waals surface area (Å²) >= 11 is 0. The van der Waals surface area contributed by atoms with Gasteiger partial charge in [-0.2, -0.15) is 8.42 Å². The van der Waals surface area contributed by atoms with Gasteiger partial charge in [-0.1, -0.05) is 206 Å². The van der Waals surface area contributed by atoms with Gasteiger partial charge in [-0.15, -0.1) is 0 Å². The smallest absolute Gasteiger partial charge is 0.397 e. The highest BCUT2D eigenvalue weighted by Crippen LogP contribution is 2.26. The van der Waals surface area contributed by atoms with E-state index < -0.39 is 59.8 Å². The zero-order valence-electron chi connectivity index (χ0n) is 40.2. The Morgan fingerprint density at radius 2 is 1.00 bits per heavy atom. The third kappa shape index (κ3) is 35.7. The number of unbranched alkanes of at least 4 members (excludes halogenated alkanes) is 31. The van der Waals surface area contributed by atoms with Crippen LogP contribution in [0.5, 0.6) is 0 Å². The van der Waals surface area contributed by atoms with Crippen LogP contribution in [0.2, 0.25) is 0 Å². The van der Waals surface area contributed by atoms with E-state index in [4.69, 9.17) is 18.9 Å². The summed E-state index contributed by atoms with van der Waals surface area (Å²) < 4.78 is 59.2. The molecule has 1 saturated heterocycles. The van der Waals surface area contributed by atoms with Crippen molar-refractivity contribution in [2.75, 3.05) is 26.4 Å². The van der Waals surface area contributed by atoms with Crippen molar-refractivity contribution in [1.82, 2.24) is 0 Å². The van der Waals surface area contributed by atoms with Gasteiger partial charge in [-0.25, -0.2) is 4.18 Å². The number of hydrogen-bond donors (Lipinski definition) is 4. The first kappa shape index (κ1) is 59.9. The molecule has 0 radical (unpaired) electrons. The van der Waals surface area contributed by atoms with Crippen LogP contribution in [-0.2, 0) is 38.3 Å². The molecule has 4 N–H and O–H groups in total. The second-order valence-corrected chi connectivity index (χ2v) is 19.2. The Morgan fingerprint density at radius 3 is 1.44 bits per heavy atom. The molecule has 1 aliphatic heterocycles. The molecule has 0 aliphatic carbocycles. The standard InChI is InChI=1S/C50H96O12S/c1-3-5-7-9-11-13-15-17-18-19-20-21-22-23-24-25-26-28-30-32-34-36-38-40-58-42-44(43-59-50-48(54)49(62-63(55,56)57)47(53)45(41-51)61-50)60-46(52)39-37-35-33-31-29-27-16-14-12-10-8-6-4-2/h14,16,44-45,47-51,53-54H,3-13,15,17-43H2,1-2H3,(H,55,56,57)/b16-14-. The number of hydrogen-bond acceptors (Lipinski definition) is 11. The molecule has 0 aromatic carbocycles. The van der Waals surface area contributed by atoms with E-state index in [0.717, 1.165) is 57.8 Å². The van der Waals surface area contributed by atoms with Crippen LogP contribution in [0.3, 0.4) is 0 Å². The van der Waals surface area contributed by atoms with Crippen LogP contribution in [0.25, 0.3) is 0 Å². The Balaban J connectivity index is 2.30. The molecule has 0 amide bonds. The van der Waals surface area contributed by atoms with Gasteiger partial charge in [0.1, 0.15) is 30.5 Å². The Labute approximate surface area is 385 Å². The van der Waals surface area contributed by atoms with Crippen LogP contribution in [0.15, 0.2) is 12.2 Å². The molecular formula is C50H96O12S. The van der Waals surface area contributed by atoms with E-state index in [9.17, 15) is 33.1 Å². The first-order valence-electron chi connectivity index (χ1n) is 25.9. The van der Waals surface area contributed by atoms with Crippen LogP contribution >= 0.6 is 0 Å². The zero-order valence-corrected chi connectivity index (χ0v) is 41.0. The SMILES string of the molecule is CCCCCC/C=C\CCCCCCCC(=O)OC(COCCCCCCCCCCCCCCCCCCCCCCCCC)COC1OC(CO)C(O)C(OS(=O)(=O)O)C1O. The molecule has 0 bridgehead atoms. The van der Waals surface area contributed by atoms with E-state index in [1.165, 1.54) is 154 Å². The minimum Gasteiger partial charge on any atom is -0.457 e. The highest BCUT2D eigenvalue weighted by Gasteiger charge is 2.48. The summed E-state index contributed by atoms with van der Waals surface area (Å²) in [6, 6.07) is 0. The number of carbonyl (C=O) groups is 1. The number of allylic oxidation sites excluding steroid dienone is 2. The molecular weight excluding hydrogens is 825 g/mol. The van der Waals surface area contributed by atoms with Crippen LogP contribution in [0, 0.1) is 0 Å². The van der Waals surface area contributed by atoms with Crippen LogP contribution in [0.1, 0.15) is 239 Å². The van der Waals surface area contributed by atoms with Gasteiger partial charge in [0.15, 0.2) is 6.29 Å². The average Bonchev–Trinajstić information content (AvgIpc) is 3.26. The Morgan fingerprint density at radius 1 is 0.587 bits per heavy atom. The van der Waals surface area contributed by atoms with Crippen LogP contribution in [0.4, 0.5) is 0 Å². The fourth-order valence-electron chi connectivity index (χ4n) is 8.20. The molecule has 1 aliphatic rings. The van der Waals surface area contributed by atoms with Gasteiger partial charge in [0.2, 0.25) is 0 Å². The lowest BCUT2D eigenvalue weighted by Gasteiger charge is -2.41. The molecule has 12 nitrogen and oxygen atoms in total. The summed E-state index contributed by atoms with van der Waals surface area (Å²) in [6.45, 7) is 4.01. The first-order chi connectivity index (χ1) is 30.6. The van der Waals surface area contributed by atoms with E-state index in [1.54, 1.807) is 0 Å². The lowest BCUT2D eigenvalue weighted by molar-refractivity contribution is -0.301. The van der Waals surface area contributed by atoms with Gasteiger partial charge in [-0.3, -0.25) is 9.35 Å². The van der Waals surface area contributed by atoms with Gasteiger partial charge in [0.25, 0.3) is 0 Å². The molecule has 6 unspecified atom stereocenters. The zero-order chi connectivity index (χ0) is 46.1. The second-order valence-electron chi connectivity index (χ2n) is 18.1. The predicted octanol–water partition coefficient (Wildman–Crippen LogP) is 11.8. The van der Waals surface area contributed by atoms with Crippen molar-refractivity contribution in [1.29, 1.82) is 0 Å². The van der Waals surface area contributed by atoms with Crippen molar-refractivity contribution in [2.45, 2.75) is 275 Å². The number of carbonyl (C=O) groups excluding carboxylic acids is 1. The summed E-state index contributed by atoms with van der Waals surface area (Å²) in [5, 5.41) is 30.7. The van der Waals surface area contributed by atoms with Gasteiger partial charge >= 0.3 is 16.4 Å². The maximum Gasteiger partial charge on any atom is 0.397 e. The average molecular weight is 921 g/mol. The number of rotatable bonds is 46. The quantitative estimate of drug-likeness (QED) is 0.0197. The van der Waals surface area contributed by atoms with Crippen molar-refractivity contribution in [3.8, 4) is 0 Å². The van der Waals surface area contributed by atoms with E-state index in [2.05, 4.69) is 30.2 Å². The number of ether oxygens (including phenoxy) is 4. The fourth-order valence-corrected chi connectivity index (χ4v) is 8.71. The minimum absolute atomic E-state index is 0.0387. The molecule has 0 spiro atoms. The molecule has 0 aromatic rings. The summed E-state index contributed by atoms with van der Waals surface area (Å²) in [6.07, 6.45) is 38.3. The highest BCUT2D eigenvalue weighted by molar-refractivity contribution is 7.80. The van der Waals surface area contributed by atoms with Crippen molar-refractivity contribution < 1.29 is 56.2 Å². The Hall–Kier alpha value is -1.16. The third-order valence-corrected chi connectivity index (χ3v) is 12.6. The minimum atomic E-state index is -5.06. The van der Waals surface area contributed by atoms with E-state index in [1.807, 2.05) is 0 Å². The second kappa shape index (κ2) is 42.2. The molecule has 0 aromatic heterocycles. The van der Waals surface area contributed by atoms with Gasteiger partial charge < -0.3 is 34.3 Å². The molecule has 374 valence electrons. The summed E-state index contributed by atoms with van der Waals surface area (Å²) in [5.74, 6) is -0.404. The van der Waals surface area contributed by atoms with E-state index in [0.29, 0.717) is 13.0 Å². The molecule has 1 fully saturated rings. The molecule has 0 saturated carbocycles. The van der Waals surface area contributed by atoms with E-state index >= 15 is 0 Å². The molecule has 1 heterocycles. The first-order valence-corrected chi connectivity index (χ1v) is 27.3. The number of esters is 1. The maximum absolute atomic E-state index is 12.9.